The van der Waals surface area contributed by atoms with Gasteiger partial charge in [-0.2, -0.15) is 0 Å². The molecule has 1 aliphatic rings. The number of hydrazine groups is 1. The first-order valence-corrected chi connectivity index (χ1v) is 4.87. The fourth-order valence-electron chi connectivity index (χ4n) is 1.13. The zero-order chi connectivity index (χ0) is 12.0. The fourth-order valence-corrected chi connectivity index (χ4v) is 1.13. The standard InChI is InChI=1S/C8H15N3O5/c12-6(7(13)14)5-9-8(15)10-11-1-3-16-4-2-11/h6,12H,1-5H2,(H,13,14)(H2,9,10,15). The van der Waals surface area contributed by atoms with Crippen LogP contribution >= 0.6 is 0 Å². The van der Waals surface area contributed by atoms with E-state index in [1.54, 1.807) is 5.01 Å². The van der Waals surface area contributed by atoms with Gasteiger partial charge < -0.3 is 20.3 Å². The number of hydrogen-bond acceptors (Lipinski definition) is 5. The molecule has 1 unspecified atom stereocenters. The summed E-state index contributed by atoms with van der Waals surface area (Å²) in [4.78, 5) is 21.5. The zero-order valence-electron chi connectivity index (χ0n) is 8.68. The van der Waals surface area contributed by atoms with Gasteiger partial charge in [-0.3, -0.25) is 5.43 Å². The molecule has 92 valence electrons. The van der Waals surface area contributed by atoms with Crippen LogP contribution in [-0.2, 0) is 9.53 Å². The van der Waals surface area contributed by atoms with Crippen molar-refractivity contribution < 1.29 is 24.5 Å². The van der Waals surface area contributed by atoms with Crippen LogP contribution < -0.4 is 10.7 Å². The summed E-state index contributed by atoms with van der Waals surface area (Å²) in [6, 6.07) is -0.540. The lowest BCUT2D eigenvalue weighted by atomic mass is 10.4. The number of aliphatic hydroxyl groups is 1. The molecular formula is C8H15N3O5. The van der Waals surface area contributed by atoms with Gasteiger partial charge in [0.15, 0.2) is 6.10 Å². The molecule has 0 aromatic heterocycles. The van der Waals surface area contributed by atoms with Crippen molar-refractivity contribution in [3.8, 4) is 0 Å². The number of hydrogen-bond donors (Lipinski definition) is 4. The summed E-state index contributed by atoms with van der Waals surface area (Å²) in [7, 11) is 0. The number of aliphatic hydroxyl groups excluding tert-OH is 1. The Labute approximate surface area is 92.1 Å². The van der Waals surface area contributed by atoms with E-state index in [-0.39, 0.29) is 6.54 Å². The van der Waals surface area contributed by atoms with Crippen LogP contribution in [0.4, 0.5) is 4.79 Å². The van der Waals surface area contributed by atoms with Crippen LogP contribution in [0.5, 0.6) is 0 Å². The molecule has 2 amide bonds. The Morgan fingerprint density at radius 3 is 2.56 bits per heavy atom. The van der Waals surface area contributed by atoms with Crippen molar-refractivity contribution in [3.63, 3.8) is 0 Å². The molecule has 0 aromatic rings. The Kier molecular flexibility index (Phi) is 4.96. The van der Waals surface area contributed by atoms with Crippen molar-refractivity contribution in [2.75, 3.05) is 32.8 Å². The maximum Gasteiger partial charge on any atom is 0.334 e. The van der Waals surface area contributed by atoms with Crippen LogP contribution in [0.2, 0.25) is 0 Å². The van der Waals surface area contributed by atoms with E-state index in [1.165, 1.54) is 0 Å². The first-order valence-electron chi connectivity index (χ1n) is 4.87. The van der Waals surface area contributed by atoms with Crippen molar-refractivity contribution in [3.05, 3.63) is 0 Å². The Morgan fingerprint density at radius 2 is 2.00 bits per heavy atom. The number of amides is 2. The number of ether oxygens (including phenoxy) is 1. The Bertz CT molecular complexity index is 254. The summed E-state index contributed by atoms with van der Waals surface area (Å²) < 4.78 is 5.08. The van der Waals surface area contributed by atoms with Gasteiger partial charge in [-0.25, -0.2) is 14.6 Å². The largest absolute Gasteiger partial charge is 0.479 e. The lowest BCUT2D eigenvalue weighted by Gasteiger charge is -2.26. The van der Waals surface area contributed by atoms with E-state index in [4.69, 9.17) is 14.9 Å². The van der Waals surface area contributed by atoms with Crippen molar-refractivity contribution in [1.82, 2.24) is 15.8 Å². The first kappa shape index (κ1) is 12.7. The number of urea groups is 1. The average Bonchev–Trinajstić information content (AvgIpc) is 2.27. The Balaban J connectivity index is 2.17. The van der Waals surface area contributed by atoms with E-state index in [1.807, 2.05) is 0 Å². The third kappa shape index (κ3) is 4.43. The quantitative estimate of drug-likeness (QED) is 0.446. The topological polar surface area (TPSA) is 111 Å². The number of nitrogens with zero attached hydrogens (tertiary/aromatic N) is 1. The number of carbonyl (C=O) groups excluding carboxylic acids is 1. The predicted molar refractivity (Wildman–Crippen MR) is 52.6 cm³/mol. The van der Waals surface area contributed by atoms with Crippen molar-refractivity contribution in [2.45, 2.75) is 6.10 Å². The average molecular weight is 233 g/mol. The van der Waals surface area contributed by atoms with Crippen LogP contribution in [0.1, 0.15) is 0 Å². The molecule has 16 heavy (non-hydrogen) atoms. The summed E-state index contributed by atoms with van der Waals surface area (Å²) in [5.41, 5.74) is 2.51. The molecule has 0 spiro atoms. The Hall–Kier alpha value is -1.38. The van der Waals surface area contributed by atoms with Gasteiger partial charge >= 0.3 is 12.0 Å². The Morgan fingerprint density at radius 1 is 1.38 bits per heavy atom. The van der Waals surface area contributed by atoms with E-state index >= 15 is 0 Å². The second kappa shape index (κ2) is 6.26. The molecule has 0 aromatic carbocycles. The number of morpholine rings is 1. The van der Waals surface area contributed by atoms with E-state index in [0.717, 1.165) is 0 Å². The summed E-state index contributed by atoms with van der Waals surface area (Å²) >= 11 is 0. The second-order valence-electron chi connectivity index (χ2n) is 3.28. The maximum absolute atomic E-state index is 11.2. The summed E-state index contributed by atoms with van der Waals surface area (Å²) in [6.07, 6.45) is -1.59. The van der Waals surface area contributed by atoms with Gasteiger partial charge in [-0.15, -0.1) is 0 Å². The third-order valence-corrected chi connectivity index (χ3v) is 2.01. The molecule has 4 N–H and O–H groups in total. The summed E-state index contributed by atoms with van der Waals surface area (Å²) in [5, 5.41) is 21.2. The monoisotopic (exact) mass is 233 g/mol. The molecule has 0 saturated carbocycles. The minimum atomic E-state index is -1.59. The normalized spacial score (nSPS) is 18.8. The van der Waals surface area contributed by atoms with E-state index in [9.17, 15) is 9.59 Å². The van der Waals surface area contributed by atoms with E-state index in [2.05, 4.69) is 10.7 Å². The predicted octanol–water partition coefficient (Wildman–Crippen LogP) is -2.02. The molecule has 0 aliphatic carbocycles. The molecule has 0 radical (unpaired) electrons. The molecule has 1 rings (SSSR count). The fraction of sp³-hybridized carbons (Fsp3) is 0.750. The van der Waals surface area contributed by atoms with E-state index in [0.29, 0.717) is 26.3 Å². The maximum atomic E-state index is 11.2. The van der Waals surface area contributed by atoms with Crippen molar-refractivity contribution in [2.24, 2.45) is 0 Å². The van der Waals surface area contributed by atoms with Crippen molar-refractivity contribution in [1.29, 1.82) is 0 Å². The molecule has 1 fully saturated rings. The lowest BCUT2D eigenvalue weighted by Crippen LogP contribution is -2.53. The van der Waals surface area contributed by atoms with Crippen LogP contribution in [0.25, 0.3) is 0 Å². The molecular weight excluding hydrogens is 218 g/mol. The molecule has 8 nitrogen and oxygen atoms in total. The van der Waals surface area contributed by atoms with E-state index < -0.39 is 18.1 Å². The lowest BCUT2D eigenvalue weighted by molar-refractivity contribution is -0.146. The molecule has 1 saturated heterocycles. The minimum absolute atomic E-state index is 0.328. The second-order valence-corrected chi connectivity index (χ2v) is 3.28. The molecule has 0 bridgehead atoms. The molecule has 1 aliphatic heterocycles. The highest BCUT2D eigenvalue weighted by molar-refractivity contribution is 5.76. The number of rotatable bonds is 4. The van der Waals surface area contributed by atoms with Gasteiger partial charge in [0.2, 0.25) is 0 Å². The SMILES string of the molecule is O=C(NCC(O)C(=O)O)NN1CCOCC1. The highest BCUT2D eigenvalue weighted by Gasteiger charge is 2.16. The number of aliphatic carboxylic acids is 1. The highest BCUT2D eigenvalue weighted by Crippen LogP contribution is 1.91. The van der Waals surface area contributed by atoms with Crippen LogP contribution in [0, 0.1) is 0 Å². The first-order chi connectivity index (χ1) is 7.59. The van der Waals surface area contributed by atoms with Gasteiger partial charge in [-0.05, 0) is 0 Å². The summed E-state index contributed by atoms with van der Waals surface area (Å²) in [5.74, 6) is -1.37. The van der Waals surface area contributed by atoms with Crippen LogP contribution in [0.15, 0.2) is 0 Å². The van der Waals surface area contributed by atoms with Gasteiger partial charge in [-0.1, -0.05) is 0 Å². The van der Waals surface area contributed by atoms with Gasteiger partial charge in [0, 0.05) is 13.1 Å². The van der Waals surface area contributed by atoms with Gasteiger partial charge in [0.25, 0.3) is 0 Å². The number of carboxylic acid groups (broad SMARTS) is 1. The van der Waals surface area contributed by atoms with Crippen LogP contribution in [0.3, 0.4) is 0 Å². The third-order valence-electron chi connectivity index (χ3n) is 2.01. The highest BCUT2D eigenvalue weighted by atomic mass is 16.5. The molecule has 1 atom stereocenters. The number of carboxylic acids is 1. The molecule has 1 heterocycles. The smallest absolute Gasteiger partial charge is 0.334 e. The van der Waals surface area contributed by atoms with Crippen LogP contribution in [-0.4, -0.2) is 66.2 Å². The van der Waals surface area contributed by atoms with Gasteiger partial charge in [0.1, 0.15) is 0 Å². The van der Waals surface area contributed by atoms with Crippen molar-refractivity contribution >= 4 is 12.0 Å². The molecule has 8 heteroatoms. The number of nitrogens with one attached hydrogen (secondary N) is 2. The van der Waals surface area contributed by atoms with Gasteiger partial charge in [0.05, 0.1) is 19.8 Å². The zero-order valence-corrected chi connectivity index (χ0v) is 8.68. The minimum Gasteiger partial charge on any atom is -0.479 e. The number of carbonyl (C=O) groups is 2. The summed E-state index contributed by atoms with van der Waals surface area (Å²) in [6.45, 7) is 1.91.